The fourth-order valence-electron chi connectivity index (χ4n) is 3.26. The van der Waals surface area contributed by atoms with Crippen LogP contribution >= 0.6 is 0 Å². The molecule has 0 aliphatic carbocycles. The van der Waals surface area contributed by atoms with Gasteiger partial charge in [-0.3, -0.25) is 9.59 Å². The van der Waals surface area contributed by atoms with Gasteiger partial charge in [-0.15, -0.1) is 0 Å². The third kappa shape index (κ3) is 4.32. The molecular weight excluding hydrogens is 292 g/mol. The van der Waals surface area contributed by atoms with Crippen LogP contribution in [0.3, 0.4) is 0 Å². The van der Waals surface area contributed by atoms with Crippen molar-refractivity contribution in [2.45, 2.75) is 44.2 Å². The topological polar surface area (TPSA) is 58.6 Å². The van der Waals surface area contributed by atoms with Gasteiger partial charge in [-0.2, -0.15) is 0 Å². The van der Waals surface area contributed by atoms with Crippen molar-refractivity contribution in [3.8, 4) is 0 Å². The van der Waals surface area contributed by atoms with E-state index in [4.69, 9.17) is 4.74 Å². The average molecular weight is 316 g/mol. The number of benzene rings is 1. The van der Waals surface area contributed by atoms with Gasteiger partial charge in [0.15, 0.2) is 0 Å². The molecule has 2 fully saturated rings. The molecular formula is C18H24N2O3. The zero-order chi connectivity index (χ0) is 16.1. The molecule has 0 saturated carbocycles. The van der Waals surface area contributed by atoms with Crippen LogP contribution in [-0.4, -0.2) is 48.6 Å². The van der Waals surface area contributed by atoms with Gasteiger partial charge in [0.1, 0.15) is 6.04 Å². The van der Waals surface area contributed by atoms with E-state index in [2.05, 4.69) is 29.6 Å². The Morgan fingerprint density at radius 2 is 2.09 bits per heavy atom. The SMILES string of the molecule is O=C1CC[C@@H](C(=O)N2CC[C@H](OCCCc3ccccc3)C2)N1. The number of nitrogens with zero attached hydrogens (tertiary/aromatic N) is 1. The van der Waals surface area contributed by atoms with Crippen molar-refractivity contribution >= 4 is 11.8 Å². The molecule has 2 aliphatic heterocycles. The van der Waals surface area contributed by atoms with Crippen LogP contribution in [0, 0.1) is 0 Å². The molecule has 1 aromatic carbocycles. The zero-order valence-electron chi connectivity index (χ0n) is 13.4. The first-order valence-electron chi connectivity index (χ1n) is 8.46. The Hall–Kier alpha value is -1.88. The highest BCUT2D eigenvalue weighted by molar-refractivity contribution is 5.90. The number of ether oxygens (including phenoxy) is 1. The van der Waals surface area contributed by atoms with Crippen LogP contribution in [0.15, 0.2) is 30.3 Å². The molecule has 0 spiro atoms. The first-order chi connectivity index (χ1) is 11.2. The molecule has 0 bridgehead atoms. The minimum absolute atomic E-state index is 0.0174. The second-order valence-corrected chi connectivity index (χ2v) is 6.31. The maximum atomic E-state index is 12.3. The lowest BCUT2D eigenvalue weighted by atomic mass is 10.1. The minimum Gasteiger partial charge on any atom is -0.376 e. The summed E-state index contributed by atoms with van der Waals surface area (Å²) in [5.74, 6) is 0.0301. The molecule has 2 amide bonds. The van der Waals surface area contributed by atoms with Crippen LogP contribution < -0.4 is 5.32 Å². The number of carbonyl (C=O) groups excluding carboxylic acids is 2. The Morgan fingerprint density at radius 1 is 1.26 bits per heavy atom. The second-order valence-electron chi connectivity index (χ2n) is 6.31. The molecule has 124 valence electrons. The summed E-state index contributed by atoms with van der Waals surface area (Å²) in [5.41, 5.74) is 1.33. The summed E-state index contributed by atoms with van der Waals surface area (Å²) in [6.45, 7) is 2.10. The highest BCUT2D eigenvalue weighted by Gasteiger charge is 2.34. The standard InChI is InChI=1S/C18H24N2O3/c21-17-9-8-16(19-17)18(22)20-11-10-15(13-20)23-12-4-7-14-5-2-1-3-6-14/h1-3,5-6,15-16H,4,7-13H2,(H,19,21)/t15-,16-/m0/s1. The molecule has 5 heteroatoms. The van der Waals surface area contributed by atoms with Gasteiger partial charge in [0.25, 0.3) is 0 Å². The maximum Gasteiger partial charge on any atom is 0.245 e. The van der Waals surface area contributed by atoms with Gasteiger partial charge in [0, 0.05) is 26.1 Å². The van der Waals surface area contributed by atoms with E-state index < -0.39 is 0 Å². The number of hydrogen-bond donors (Lipinski definition) is 1. The molecule has 1 N–H and O–H groups in total. The van der Waals surface area contributed by atoms with Gasteiger partial charge in [-0.1, -0.05) is 30.3 Å². The number of likely N-dealkylation sites (tertiary alicyclic amines) is 1. The van der Waals surface area contributed by atoms with Gasteiger partial charge < -0.3 is 15.0 Å². The van der Waals surface area contributed by atoms with Crippen LogP contribution in [0.4, 0.5) is 0 Å². The van der Waals surface area contributed by atoms with Crippen molar-refractivity contribution in [3.63, 3.8) is 0 Å². The third-order valence-corrected chi connectivity index (χ3v) is 4.56. The van der Waals surface area contributed by atoms with Crippen molar-refractivity contribution in [3.05, 3.63) is 35.9 Å². The number of nitrogens with one attached hydrogen (secondary N) is 1. The monoisotopic (exact) mass is 316 g/mol. The smallest absolute Gasteiger partial charge is 0.245 e. The highest BCUT2D eigenvalue weighted by atomic mass is 16.5. The van der Waals surface area contributed by atoms with E-state index in [9.17, 15) is 9.59 Å². The van der Waals surface area contributed by atoms with Crippen LogP contribution in [0.1, 0.15) is 31.2 Å². The fourth-order valence-corrected chi connectivity index (χ4v) is 3.26. The van der Waals surface area contributed by atoms with Crippen LogP contribution in [0.5, 0.6) is 0 Å². The summed E-state index contributed by atoms with van der Waals surface area (Å²) in [7, 11) is 0. The number of carbonyl (C=O) groups is 2. The van der Waals surface area contributed by atoms with E-state index >= 15 is 0 Å². The van der Waals surface area contributed by atoms with Gasteiger partial charge >= 0.3 is 0 Å². The minimum atomic E-state index is -0.320. The van der Waals surface area contributed by atoms with E-state index in [-0.39, 0.29) is 24.0 Å². The lowest BCUT2D eigenvalue weighted by Crippen LogP contribution is -2.43. The number of hydrogen-bond acceptors (Lipinski definition) is 3. The van der Waals surface area contributed by atoms with Crippen molar-refractivity contribution < 1.29 is 14.3 Å². The summed E-state index contributed by atoms with van der Waals surface area (Å²) >= 11 is 0. The van der Waals surface area contributed by atoms with Crippen LogP contribution in [0.2, 0.25) is 0 Å². The first kappa shape index (κ1) is 16.0. The van der Waals surface area contributed by atoms with E-state index in [1.54, 1.807) is 0 Å². The Kier molecular flexibility index (Phi) is 5.28. The first-order valence-corrected chi connectivity index (χ1v) is 8.46. The number of amides is 2. The largest absolute Gasteiger partial charge is 0.376 e. The van der Waals surface area contributed by atoms with Crippen LogP contribution in [0.25, 0.3) is 0 Å². The highest BCUT2D eigenvalue weighted by Crippen LogP contribution is 2.17. The third-order valence-electron chi connectivity index (χ3n) is 4.56. The Bertz CT molecular complexity index is 546. The quantitative estimate of drug-likeness (QED) is 0.810. The van der Waals surface area contributed by atoms with Gasteiger partial charge in [0.2, 0.25) is 11.8 Å². The van der Waals surface area contributed by atoms with Crippen molar-refractivity contribution in [1.29, 1.82) is 0 Å². The molecule has 3 rings (SSSR count). The summed E-state index contributed by atoms with van der Waals surface area (Å²) in [4.78, 5) is 25.4. The molecule has 1 aromatic rings. The predicted molar refractivity (Wildman–Crippen MR) is 86.9 cm³/mol. The molecule has 2 heterocycles. The van der Waals surface area contributed by atoms with Crippen LogP contribution in [-0.2, 0) is 20.7 Å². The molecule has 0 radical (unpaired) electrons. The predicted octanol–water partition coefficient (Wildman–Crippen LogP) is 1.52. The molecule has 2 aliphatic rings. The molecule has 5 nitrogen and oxygen atoms in total. The summed E-state index contributed by atoms with van der Waals surface area (Å²) in [6.07, 6.45) is 4.11. The lowest BCUT2D eigenvalue weighted by molar-refractivity contribution is -0.133. The molecule has 23 heavy (non-hydrogen) atoms. The Labute approximate surface area is 137 Å². The number of aryl methyl sites for hydroxylation is 1. The van der Waals surface area contributed by atoms with E-state index in [1.165, 1.54) is 5.56 Å². The van der Waals surface area contributed by atoms with E-state index in [0.717, 1.165) is 32.4 Å². The fraction of sp³-hybridized carbons (Fsp3) is 0.556. The lowest BCUT2D eigenvalue weighted by Gasteiger charge is -2.20. The zero-order valence-corrected chi connectivity index (χ0v) is 13.4. The average Bonchev–Trinajstić information content (AvgIpc) is 3.21. The summed E-state index contributed by atoms with van der Waals surface area (Å²) in [5, 5.41) is 2.74. The van der Waals surface area contributed by atoms with E-state index in [0.29, 0.717) is 19.4 Å². The molecule has 2 atom stereocenters. The molecule has 0 unspecified atom stereocenters. The van der Waals surface area contributed by atoms with Gasteiger partial charge in [-0.25, -0.2) is 0 Å². The summed E-state index contributed by atoms with van der Waals surface area (Å²) in [6, 6.07) is 10.1. The van der Waals surface area contributed by atoms with Crippen molar-refractivity contribution in [2.75, 3.05) is 19.7 Å². The summed E-state index contributed by atoms with van der Waals surface area (Å²) < 4.78 is 5.91. The Balaban J connectivity index is 1.35. The normalized spacial score (nSPS) is 24.0. The second kappa shape index (κ2) is 7.59. The van der Waals surface area contributed by atoms with E-state index in [1.807, 2.05) is 11.0 Å². The molecule has 2 saturated heterocycles. The van der Waals surface area contributed by atoms with Gasteiger partial charge in [-0.05, 0) is 31.2 Å². The van der Waals surface area contributed by atoms with Crippen molar-refractivity contribution in [1.82, 2.24) is 10.2 Å². The maximum absolute atomic E-state index is 12.3. The van der Waals surface area contributed by atoms with Gasteiger partial charge in [0.05, 0.1) is 6.10 Å². The van der Waals surface area contributed by atoms with Crippen molar-refractivity contribution in [2.24, 2.45) is 0 Å². The Morgan fingerprint density at radius 3 is 2.83 bits per heavy atom. The molecule has 0 aromatic heterocycles. The number of rotatable bonds is 6.